The first-order chi connectivity index (χ1) is 20.0. The Labute approximate surface area is 257 Å². The Morgan fingerprint density at radius 1 is 1.12 bits per heavy atom. The molecule has 2 heterocycles. The molecule has 2 rings (SSSR count). The molecule has 8 atom stereocenters. The van der Waals surface area contributed by atoms with Crippen LogP contribution >= 0.6 is 0 Å². The van der Waals surface area contributed by atoms with E-state index in [1.165, 1.54) is 0 Å². The highest BCUT2D eigenvalue weighted by Crippen LogP contribution is 2.36. The summed E-state index contributed by atoms with van der Waals surface area (Å²) in [4.78, 5) is 13.2. The molecule has 0 aromatic heterocycles. The van der Waals surface area contributed by atoms with Crippen LogP contribution in [0, 0.1) is 24.2 Å². The lowest BCUT2D eigenvalue weighted by Crippen LogP contribution is -2.52. The molecule has 0 spiro atoms. The van der Waals surface area contributed by atoms with Crippen LogP contribution in [0.15, 0.2) is 49.6 Å². The van der Waals surface area contributed by atoms with Gasteiger partial charge in [0.2, 0.25) is 0 Å². The summed E-state index contributed by atoms with van der Waals surface area (Å²) in [6, 6.07) is 2.99. The van der Waals surface area contributed by atoms with Crippen molar-refractivity contribution in [3.63, 3.8) is 0 Å². The minimum absolute atomic E-state index is 0.0712. The summed E-state index contributed by atoms with van der Waals surface area (Å²) in [6.07, 6.45) is 19.8. The number of carbonyl (C=O) groups is 1. The zero-order chi connectivity index (χ0) is 31.3. The molecule has 0 radical (unpaired) electrons. The molecule has 0 unspecified atom stereocenters. The summed E-state index contributed by atoms with van der Waals surface area (Å²) in [5.74, 6) is 1.40. The van der Waals surface area contributed by atoms with Crippen LogP contribution in [-0.2, 0) is 28.2 Å². The summed E-state index contributed by atoms with van der Waals surface area (Å²) in [6.45, 7) is 22.0. The number of carbonyl (C=O) groups excluding carboxylic acids is 1. The van der Waals surface area contributed by atoms with Crippen molar-refractivity contribution in [2.24, 2.45) is 11.8 Å². The van der Waals surface area contributed by atoms with Gasteiger partial charge in [-0.25, -0.2) is 0 Å². The molecule has 0 amide bonds. The molecule has 7 heteroatoms. The van der Waals surface area contributed by atoms with Crippen LogP contribution in [0.5, 0.6) is 0 Å². The maximum absolute atomic E-state index is 13.2. The third-order valence-electron chi connectivity index (χ3n) is 8.69. The lowest BCUT2D eigenvalue weighted by atomic mass is 9.92. The predicted octanol–water partition coefficient (Wildman–Crippen LogP) is 7.92. The van der Waals surface area contributed by atoms with Gasteiger partial charge < -0.3 is 23.4 Å². The lowest BCUT2D eigenvalue weighted by molar-refractivity contribution is -0.168. The van der Waals surface area contributed by atoms with Gasteiger partial charge in [0.25, 0.3) is 0 Å². The monoisotopic (exact) mass is 600 g/mol. The van der Waals surface area contributed by atoms with Crippen molar-refractivity contribution >= 4 is 14.3 Å². The summed E-state index contributed by atoms with van der Waals surface area (Å²) >= 11 is 0. The van der Waals surface area contributed by atoms with E-state index in [2.05, 4.69) is 58.9 Å². The number of rotatable bonds is 18. The summed E-state index contributed by atoms with van der Waals surface area (Å²) in [7, 11) is -2.06. The molecule has 0 N–H and O–H groups in total. The van der Waals surface area contributed by atoms with Crippen molar-refractivity contribution < 1.29 is 28.2 Å². The molecule has 0 saturated carbocycles. The highest BCUT2D eigenvalue weighted by molar-refractivity contribution is 6.73. The Morgan fingerprint density at radius 2 is 1.79 bits per heavy atom. The number of allylic oxidation sites excluding steroid dienone is 3. The van der Waals surface area contributed by atoms with Crippen LogP contribution in [0.2, 0.25) is 18.1 Å². The fraction of sp³-hybridized carbons (Fsp3) is 0.686. The van der Waals surface area contributed by atoms with Crippen molar-refractivity contribution in [3.05, 3.63) is 49.6 Å². The van der Waals surface area contributed by atoms with E-state index in [1.54, 1.807) is 24.3 Å². The zero-order valence-electron chi connectivity index (χ0n) is 27.2. The molecular weight excluding hydrogens is 544 g/mol. The second kappa shape index (κ2) is 17.4. The highest BCUT2D eigenvalue weighted by atomic mass is 28.4. The number of ether oxygens (including phenoxy) is 4. The predicted molar refractivity (Wildman–Crippen MR) is 173 cm³/mol. The molecule has 2 aliphatic heterocycles. The quantitative estimate of drug-likeness (QED) is 0.0524. The molecule has 42 heavy (non-hydrogen) atoms. The Morgan fingerprint density at radius 3 is 2.38 bits per heavy atom. The standard InChI is InChI=1S/C35H56O6Si/c1-11-17-21-27(8)34(36)38-32(26(7)20-12-2)33(41-42(14-4,15-5)16-6)31-25-24-28(37-31)22-18-19-23-30-29(13-3)39-35(9,10)40-30/h2,11,13,17,19,21,23,26-33H,1,3,14-16,18,20,22,24-25H2,4-10H3/b21-17+,23-19+/t26-,27+,28+,29-,30-,31+,32-,33-/m1/s1. The summed E-state index contributed by atoms with van der Waals surface area (Å²) in [5.41, 5.74) is 0. The maximum Gasteiger partial charge on any atom is 0.312 e. The minimum Gasteiger partial charge on any atom is -0.459 e. The van der Waals surface area contributed by atoms with Gasteiger partial charge >= 0.3 is 5.97 Å². The Kier molecular flexibility index (Phi) is 15.0. The number of esters is 1. The first-order valence-electron chi connectivity index (χ1n) is 15.9. The van der Waals surface area contributed by atoms with Gasteiger partial charge in [-0.05, 0) is 64.6 Å². The average molecular weight is 601 g/mol. The van der Waals surface area contributed by atoms with E-state index >= 15 is 0 Å². The van der Waals surface area contributed by atoms with Gasteiger partial charge in [0, 0.05) is 12.3 Å². The molecule has 2 fully saturated rings. The van der Waals surface area contributed by atoms with Gasteiger partial charge in [-0.15, -0.1) is 18.9 Å². The molecule has 2 saturated heterocycles. The van der Waals surface area contributed by atoms with Crippen molar-refractivity contribution in [1.29, 1.82) is 0 Å². The second-order valence-corrected chi connectivity index (χ2v) is 16.9. The molecule has 0 aromatic carbocycles. The van der Waals surface area contributed by atoms with Crippen molar-refractivity contribution in [2.45, 2.75) is 141 Å². The molecule has 2 aliphatic rings. The van der Waals surface area contributed by atoms with Crippen molar-refractivity contribution in [1.82, 2.24) is 0 Å². The Balaban J connectivity index is 2.21. The first-order valence-corrected chi connectivity index (χ1v) is 18.4. The Hall–Kier alpha value is -1.95. The van der Waals surface area contributed by atoms with E-state index in [9.17, 15) is 4.79 Å². The van der Waals surface area contributed by atoms with Gasteiger partial charge in [0.1, 0.15) is 24.4 Å². The van der Waals surface area contributed by atoms with Gasteiger partial charge in [-0.2, -0.15) is 0 Å². The average Bonchev–Trinajstić information content (AvgIpc) is 3.57. The van der Waals surface area contributed by atoms with E-state index in [1.807, 2.05) is 20.8 Å². The summed E-state index contributed by atoms with van der Waals surface area (Å²) < 4.78 is 32.0. The van der Waals surface area contributed by atoms with Crippen molar-refractivity contribution in [2.75, 3.05) is 0 Å². The molecule has 0 aromatic rings. The molecular formula is C35H56O6Si. The number of terminal acetylenes is 1. The number of hydrogen-bond acceptors (Lipinski definition) is 6. The number of hydrogen-bond donors (Lipinski definition) is 0. The first kappa shape index (κ1) is 36.2. The molecule has 0 bridgehead atoms. The van der Waals surface area contributed by atoms with Gasteiger partial charge in [-0.3, -0.25) is 4.79 Å². The molecule has 6 nitrogen and oxygen atoms in total. The summed E-state index contributed by atoms with van der Waals surface area (Å²) in [5, 5.41) is 0. The largest absolute Gasteiger partial charge is 0.459 e. The highest BCUT2D eigenvalue weighted by Gasteiger charge is 2.45. The smallest absolute Gasteiger partial charge is 0.312 e. The van der Waals surface area contributed by atoms with Crippen LogP contribution in [0.4, 0.5) is 0 Å². The van der Waals surface area contributed by atoms with Crippen LogP contribution in [0.1, 0.15) is 80.6 Å². The normalized spacial score (nSPS) is 27.0. The zero-order valence-corrected chi connectivity index (χ0v) is 28.2. The maximum atomic E-state index is 13.2. The van der Waals surface area contributed by atoms with E-state index in [0.717, 1.165) is 43.8 Å². The topological polar surface area (TPSA) is 63.2 Å². The van der Waals surface area contributed by atoms with Crippen LogP contribution in [-0.4, -0.2) is 56.7 Å². The van der Waals surface area contributed by atoms with E-state index in [-0.39, 0.29) is 42.4 Å². The van der Waals surface area contributed by atoms with Gasteiger partial charge in [0.05, 0.1) is 18.1 Å². The van der Waals surface area contributed by atoms with Crippen LogP contribution in [0.25, 0.3) is 0 Å². The second-order valence-electron chi connectivity index (χ2n) is 12.2. The van der Waals surface area contributed by atoms with Crippen LogP contribution < -0.4 is 0 Å². The minimum atomic E-state index is -2.06. The fourth-order valence-electron chi connectivity index (χ4n) is 5.87. The van der Waals surface area contributed by atoms with Gasteiger partial charge in [-0.1, -0.05) is 70.7 Å². The molecule has 0 aliphatic carbocycles. The van der Waals surface area contributed by atoms with Crippen molar-refractivity contribution in [3.8, 4) is 12.3 Å². The third kappa shape index (κ3) is 10.3. The fourth-order valence-corrected chi connectivity index (χ4v) is 8.73. The van der Waals surface area contributed by atoms with E-state index < -0.39 is 26.1 Å². The van der Waals surface area contributed by atoms with E-state index in [4.69, 9.17) is 29.8 Å². The Bertz CT molecular complexity index is 953. The molecule has 236 valence electrons. The van der Waals surface area contributed by atoms with Crippen LogP contribution in [0.3, 0.4) is 0 Å². The SMILES string of the molecule is C#CC[C@@H](C)[C@@H](OC(=O)[C@@H](C)/C=C/C=C)[C@H](O[Si](CC)(CC)CC)[C@@H]1CC[C@H](CC/C=C/[C@H]2OC(C)(C)O[C@@H]2C=C)O1. The lowest BCUT2D eigenvalue weighted by Gasteiger charge is -2.41. The van der Waals surface area contributed by atoms with E-state index in [0.29, 0.717) is 6.42 Å². The van der Waals surface area contributed by atoms with Gasteiger partial charge in [0.15, 0.2) is 14.1 Å². The third-order valence-corrected chi connectivity index (χ3v) is 13.3.